The molecule has 2 unspecified atom stereocenters. The summed E-state index contributed by atoms with van der Waals surface area (Å²) in [7, 11) is 1.42. The van der Waals surface area contributed by atoms with Crippen LogP contribution in [-0.4, -0.2) is 55.5 Å². The van der Waals surface area contributed by atoms with Crippen molar-refractivity contribution in [2.45, 2.75) is 31.4 Å². The minimum absolute atomic E-state index is 0.0481. The van der Waals surface area contributed by atoms with Gasteiger partial charge < -0.3 is 25.2 Å². The van der Waals surface area contributed by atoms with Crippen molar-refractivity contribution in [2.24, 2.45) is 0 Å². The van der Waals surface area contributed by atoms with Crippen LogP contribution in [0.4, 0.5) is 4.79 Å². The highest BCUT2D eigenvalue weighted by atomic mass is 16.5. The maximum Gasteiger partial charge on any atom is 0.407 e. The second-order valence-electron chi connectivity index (χ2n) is 7.32. The molecule has 0 heterocycles. The number of fused-ring (bicyclic) bond motifs is 3. The van der Waals surface area contributed by atoms with Crippen LogP contribution in [0.5, 0.6) is 0 Å². The summed E-state index contributed by atoms with van der Waals surface area (Å²) in [4.78, 5) is 35.5. The number of benzene rings is 2. The molecule has 3 rings (SSSR count). The summed E-state index contributed by atoms with van der Waals surface area (Å²) in [6.07, 6.45) is -1.60. The van der Waals surface area contributed by atoms with Crippen LogP contribution in [0.3, 0.4) is 0 Å². The zero-order chi connectivity index (χ0) is 22.4. The largest absolute Gasteiger partial charge is 0.481 e. The third kappa shape index (κ3) is 5.21. The quantitative estimate of drug-likeness (QED) is 0.568. The van der Waals surface area contributed by atoms with Crippen LogP contribution in [0, 0.1) is 0 Å². The molecule has 8 nitrogen and oxygen atoms in total. The van der Waals surface area contributed by atoms with Gasteiger partial charge in [-0.15, -0.1) is 0 Å². The second kappa shape index (κ2) is 10.1. The molecule has 8 heteroatoms. The molecule has 0 saturated heterocycles. The van der Waals surface area contributed by atoms with Crippen molar-refractivity contribution in [1.29, 1.82) is 0 Å². The molecule has 0 bridgehead atoms. The van der Waals surface area contributed by atoms with Crippen LogP contribution in [0.15, 0.2) is 48.5 Å². The van der Waals surface area contributed by atoms with Crippen molar-refractivity contribution < 1.29 is 29.0 Å². The monoisotopic (exact) mass is 426 g/mol. The zero-order valence-corrected chi connectivity index (χ0v) is 17.5. The van der Waals surface area contributed by atoms with E-state index in [1.807, 2.05) is 48.5 Å². The van der Waals surface area contributed by atoms with E-state index < -0.39 is 30.1 Å². The number of carboxylic acids is 1. The molecule has 0 fully saturated rings. The Morgan fingerprint density at radius 3 is 2.16 bits per heavy atom. The maximum atomic E-state index is 12.5. The highest BCUT2D eigenvalue weighted by molar-refractivity contribution is 5.86. The summed E-state index contributed by atoms with van der Waals surface area (Å²) in [5.74, 6) is -1.66. The first-order valence-corrected chi connectivity index (χ1v) is 10.1. The standard InChI is InChI=1S/C23H26N2O6/c1-14(30-2)21(22(28)24-12-11-20(26)27)25-23(29)31-13-19-17-9-5-3-7-15(17)16-8-4-6-10-18(16)19/h3-10,14,19,21H,11-13H2,1-2H3,(H,24,28)(H,25,29)(H,26,27). The number of nitrogens with one attached hydrogen (secondary N) is 2. The molecular formula is C23H26N2O6. The van der Waals surface area contributed by atoms with Gasteiger partial charge in [-0.1, -0.05) is 48.5 Å². The van der Waals surface area contributed by atoms with Crippen molar-refractivity contribution in [2.75, 3.05) is 20.3 Å². The smallest absolute Gasteiger partial charge is 0.407 e. The number of hydrogen-bond acceptors (Lipinski definition) is 5. The summed E-state index contributed by atoms with van der Waals surface area (Å²) in [6, 6.07) is 15.0. The topological polar surface area (TPSA) is 114 Å². The Kier molecular flexibility index (Phi) is 7.25. The predicted molar refractivity (Wildman–Crippen MR) is 114 cm³/mol. The van der Waals surface area contributed by atoms with E-state index in [1.54, 1.807) is 6.92 Å². The van der Waals surface area contributed by atoms with Crippen LogP contribution in [0.25, 0.3) is 11.1 Å². The molecule has 0 aromatic heterocycles. The van der Waals surface area contributed by atoms with E-state index >= 15 is 0 Å². The molecule has 1 aliphatic carbocycles. The molecule has 2 amide bonds. The van der Waals surface area contributed by atoms with E-state index in [-0.39, 0.29) is 25.5 Å². The summed E-state index contributed by atoms with van der Waals surface area (Å²) in [5, 5.41) is 13.7. The van der Waals surface area contributed by atoms with Gasteiger partial charge in [0.15, 0.2) is 0 Å². The van der Waals surface area contributed by atoms with Crippen LogP contribution >= 0.6 is 0 Å². The predicted octanol–water partition coefficient (Wildman–Crippen LogP) is 2.52. The maximum absolute atomic E-state index is 12.5. The Morgan fingerprint density at radius 2 is 1.61 bits per heavy atom. The number of amides is 2. The molecule has 3 N–H and O–H groups in total. The van der Waals surface area contributed by atoms with Gasteiger partial charge in [0.05, 0.1) is 12.5 Å². The van der Waals surface area contributed by atoms with Gasteiger partial charge >= 0.3 is 12.1 Å². The number of carbonyl (C=O) groups is 3. The highest BCUT2D eigenvalue weighted by Gasteiger charge is 2.31. The Morgan fingerprint density at radius 1 is 1.03 bits per heavy atom. The Labute approximate surface area is 180 Å². The second-order valence-corrected chi connectivity index (χ2v) is 7.32. The highest BCUT2D eigenvalue weighted by Crippen LogP contribution is 2.44. The number of aliphatic carboxylic acids is 1. The van der Waals surface area contributed by atoms with Crippen LogP contribution in [0.2, 0.25) is 0 Å². The third-order valence-electron chi connectivity index (χ3n) is 5.38. The fourth-order valence-corrected chi connectivity index (χ4v) is 3.70. The van der Waals surface area contributed by atoms with E-state index in [0.29, 0.717) is 0 Å². The molecular weight excluding hydrogens is 400 g/mol. The van der Waals surface area contributed by atoms with Gasteiger partial charge in [-0.05, 0) is 29.2 Å². The van der Waals surface area contributed by atoms with Gasteiger partial charge in [-0.25, -0.2) is 4.79 Å². The zero-order valence-electron chi connectivity index (χ0n) is 17.5. The molecule has 164 valence electrons. The molecule has 2 aromatic rings. The number of carbonyl (C=O) groups excluding carboxylic acids is 2. The Balaban J connectivity index is 1.64. The fourth-order valence-electron chi connectivity index (χ4n) is 3.70. The summed E-state index contributed by atoms with van der Waals surface area (Å²) in [5.41, 5.74) is 4.42. The normalized spacial score (nSPS) is 14.1. The first-order chi connectivity index (χ1) is 14.9. The number of alkyl carbamates (subject to hydrolysis) is 1. The molecule has 2 aromatic carbocycles. The van der Waals surface area contributed by atoms with E-state index in [4.69, 9.17) is 14.6 Å². The van der Waals surface area contributed by atoms with Gasteiger partial charge in [0.25, 0.3) is 0 Å². The van der Waals surface area contributed by atoms with Crippen molar-refractivity contribution in [3.8, 4) is 11.1 Å². The molecule has 0 radical (unpaired) electrons. The summed E-state index contributed by atoms with van der Waals surface area (Å²) < 4.78 is 10.7. The average molecular weight is 426 g/mol. The molecule has 1 aliphatic rings. The lowest BCUT2D eigenvalue weighted by molar-refractivity contribution is -0.137. The van der Waals surface area contributed by atoms with E-state index in [0.717, 1.165) is 22.3 Å². The third-order valence-corrected chi connectivity index (χ3v) is 5.38. The average Bonchev–Trinajstić information content (AvgIpc) is 3.09. The first-order valence-electron chi connectivity index (χ1n) is 10.1. The van der Waals surface area contributed by atoms with Crippen LogP contribution in [0.1, 0.15) is 30.4 Å². The van der Waals surface area contributed by atoms with Crippen molar-refractivity contribution in [3.05, 3.63) is 59.7 Å². The molecule has 31 heavy (non-hydrogen) atoms. The van der Waals surface area contributed by atoms with Gasteiger partial charge in [-0.3, -0.25) is 9.59 Å². The Bertz CT molecular complexity index is 915. The number of carboxylic acid groups (broad SMARTS) is 1. The van der Waals surface area contributed by atoms with Crippen molar-refractivity contribution in [1.82, 2.24) is 10.6 Å². The SMILES string of the molecule is COC(C)C(NC(=O)OCC1c2ccccc2-c2ccccc21)C(=O)NCCC(=O)O. The van der Waals surface area contributed by atoms with Crippen molar-refractivity contribution >= 4 is 18.0 Å². The number of rotatable bonds is 9. The number of ether oxygens (including phenoxy) is 2. The number of hydrogen-bond donors (Lipinski definition) is 3. The minimum atomic E-state index is -1.03. The van der Waals surface area contributed by atoms with Crippen LogP contribution < -0.4 is 10.6 Å². The van der Waals surface area contributed by atoms with Gasteiger partial charge in [0, 0.05) is 19.6 Å². The molecule has 2 atom stereocenters. The van der Waals surface area contributed by atoms with Gasteiger partial charge in [0.1, 0.15) is 12.6 Å². The first kappa shape index (κ1) is 22.3. The molecule has 0 spiro atoms. The van der Waals surface area contributed by atoms with Crippen molar-refractivity contribution in [3.63, 3.8) is 0 Å². The van der Waals surface area contributed by atoms with E-state index in [1.165, 1.54) is 7.11 Å². The van der Waals surface area contributed by atoms with E-state index in [2.05, 4.69) is 10.6 Å². The van der Waals surface area contributed by atoms with Crippen LogP contribution in [-0.2, 0) is 19.1 Å². The molecule has 0 aliphatic heterocycles. The lowest BCUT2D eigenvalue weighted by Crippen LogP contribution is -2.53. The van der Waals surface area contributed by atoms with Gasteiger partial charge in [0.2, 0.25) is 5.91 Å². The Hall–Kier alpha value is -3.39. The summed E-state index contributed by atoms with van der Waals surface area (Å²) >= 11 is 0. The summed E-state index contributed by atoms with van der Waals surface area (Å²) in [6.45, 7) is 1.70. The van der Waals surface area contributed by atoms with E-state index in [9.17, 15) is 14.4 Å². The number of methoxy groups -OCH3 is 1. The van der Waals surface area contributed by atoms with Gasteiger partial charge in [-0.2, -0.15) is 0 Å². The lowest BCUT2D eigenvalue weighted by atomic mass is 9.98. The minimum Gasteiger partial charge on any atom is -0.481 e. The lowest BCUT2D eigenvalue weighted by Gasteiger charge is -2.23. The molecule has 0 saturated carbocycles. The fraction of sp³-hybridized carbons (Fsp3) is 0.348.